The van der Waals surface area contributed by atoms with Crippen LogP contribution in [0.5, 0.6) is 0 Å². The Morgan fingerprint density at radius 3 is 2.16 bits per heavy atom. The highest BCUT2D eigenvalue weighted by Gasteiger charge is 2.52. The maximum absolute atomic E-state index is 2.72. The first-order chi connectivity index (χ1) is 12.1. The van der Waals surface area contributed by atoms with Gasteiger partial charge in [-0.25, -0.2) is 0 Å². The van der Waals surface area contributed by atoms with Gasteiger partial charge in [0.25, 0.3) is 0 Å². The van der Waals surface area contributed by atoms with Crippen LogP contribution in [0, 0.1) is 24.7 Å². The van der Waals surface area contributed by atoms with Crippen LogP contribution in [-0.4, -0.2) is 12.6 Å². The van der Waals surface area contributed by atoms with Gasteiger partial charge in [0.05, 0.1) is 0 Å². The van der Waals surface area contributed by atoms with Gasteiger partial charge in [0.15, 0.2) is 0 Å². The number of anilines is 1. The summed E-state index contributed by atoms with van der Waals surface area (Å²) in [7, 11) is 2.41. The number of rotatable bonds is 7. The summed E-state index contributed by atoms with van der Waals surface area (Å²) in [5.74, 6) is 3.06. The number of hydrogen-bond acceptors (Lipinski definition) is 1. The van der Waals surface area contributed by atoms with E-state index < -0.39 is 0 Å². The minimum absolute atomic E-state index is 0.474. The maximum Gasteiger partial charge on any atom is 0.0407 e. The van der Waals surface area contributed by atoms with E-state index in [2.05, 4.69) is 44.0 Å². The van der Waals surface area contributed by atoms with Crippen molar-refractivity contribution in [2.45, 2.75) is 90.0 Å². The largest absolute Gasteiger partial charge is 0.369 e. The summed E-state index contributed by atoms with van der Waals surface area (Å²) < 4.78 is 0. The molecular weight excluding hydrogens is 302 g/mol. The van der Waals surface area contributed by atoms with E-state index in [4.69, 9.17) is 0 Å². The lowest BCUT2D eigenvalue weighted by molar-refractivity contribution is -0.00201. The molecule has 0 amide bonds. The first kappa shape index (κ1) is 17.4. The molecule has 0 aromatic heterocycles. The molecular formula is C24H37N. The summed E-state index contributed by atoms with van der Waals surface area (Å²) in [6, 6.07) is 7.37. The molecule has 138 valence electrons. The van der Waals surface area contributed by atoms with Gasteiger partial charge in [0.2, 0.25) is 0 Å². The Bertz CT molecular complexity index is 567. The van der Waals surface area contributed by atoms with Crippen LogP contribution < -0.4 is 4.90 Å². The fraction of sp³-hybridized carbons (Fsp3) is 0.750. The standard InChI is InChI=1S/C24H37N/c1-4-5-6-7-8-19-9-18(2)10-23(14-19)25(3)24-15-20-11-21(16-24)13-22(12-20)17-24/h9-10,14,20-22H,4-8,11-13,15-17H2,1-3H3. The number of hydrogen-bond donors (Lipinski definition) is 0. The smallest absolute Gasteiger partial charge is 0.0407 e. The molecule has 4 fully saturated rings. The summed E-state index contributed by atoms with van der Waals surface area (Å²) in [5.41, 5.74) is 4.97. The van der Waals surface area contributed by atoms with Crippen molar-refractivity contribution >= 4 is 5.69 Å². The van der Waals surface area contributed by atoms with E-state index in [1.54, 1.807) is 5.56 Å². The molecule has 25 heavy (non-hydrogen) atoms. The van der Waals surface area contributed by atoms with Crippen LogP contribution in [0.15, 0.2) is 18.2 Å². The molecule has 0 spiro atoms. The zero-order valence-electron chi connectivity index (χ0n) is 16.7. The lowest BCUT2D eigenvalue weighted by Gasteiger charge is -2.60. The van der Waals surface area contributed by atoms with E-state index in [1.165, 1.54) is 81.9 Å². The highest BCUT2D eigenvalue weighted by Crippen LogP contribution is 2.58. The van der Waals surface area contributed by atoms with Crippen molar-refractivity contribution in [1.29, 1.82) is 0 Å². The number of benzene rings is 1. The molecule has 4 bridgehead atoms. The minimum atomic E-state index is 0.474. The van der Waals surface area contributed by atoms with Crippen molar-refractivity contribution in [1.82, 2.24) is 0 Å². The second kappa shape index (κ2) is 6.97. The summed E-state index contributed by atoms with van der Waals surface area (Å²) >= 11 is 0. The first-order valence-electron chi connectivity index (χ1n) is 10.9. The van der Waals surface area contributed by atoms with Gasteiger partial charge in [-0.3, -0.25) is 0 Å². The summed E-state index contributed by atoms with van der Waals surface area (Å²) in [6.45, 7) is 4.58. The SMILES string of the molecule is CCCCCCc1cc(C)cc(N(C)C23CC4CC(CC(C4)C2)C3)c1. The quantitative estimate of drug-likeness (QED) is 0.511. The van der Waals surface area contributed by atoms with Crippen LogP contribution in [0.2, 0.25) is 0 Å². The van der Waals surface area contributed by atoms with E-state index in [0.29, 0.717) is 5.54 Å². The molecule has 1 aromatic carbocycles. The molecule has 1 heteroatoms. The topological polar surface area (TPSA) is 3.24 Å². The predicted octanol–water partition coefficient (Wildman–Crippen LogP) is 6.52. The van der Waals surface area contributed by atoms with Crippen molar-refractivity contribution in [2.75, 3.05) is 11.9 Å². The summed E-state index contributed by atoms with van der Waals surface area (Å²) in [6.07, 6.45) is 15.6. The molecule has 4 aliphatic rings. The molecule has 0 aliphatic heterocycles. The van der Waals surface area contributed by atoms with Gasteiger partial charge in [0, 0.05) is 18.3 Å². The molecule has 4 aliphatic carbocycles. The van der Waals surface area contributed by atoms with Crippen molar-refractivity contribution in [3.8, 4) is 0 Å². The lowest BCUT2D eigenvalue weighted by atomic mass is 9.52. The molecule has 1 aromatic rings. The van der Waals surface area contributed by atoms with E-state index in [1.807, 2.05) is 0 Å². The lowest BCUT2D eigenvalue weighted by Crippen LogP contribution is -2.59. The predicted molar refractivity (Wildman–Crippen MR) is 108 cm³/mol. The monoisotopic (exact) mass is 339 g/mol. The molecule has 1 nitrogen and oxygen atoms in total. The summed E-state index contributed by atoms with van der Waals surface area (Å²) in [5, 5.41) is 0. The first-order valence-corrected chi connectivity index (χ1v) is 10.9. The molecule has 0 radical (unpaired) electrons. The normalized spacial score (nSPS) is 33.0. The second-order valence-corrected chi connectivity index (χ2v) is 9.69. The van der Waals surface area contributed by atoms with Gasteiger partial charge in [-0.1, -0.05) is 32.3 Å². The molecule has 0 atom stereocenters. The average Bonchev–Trinajstić information content (AvgIpc) is 2.56. The number of unbranched alkanes of at least 4 members (excludes halogenated alkanes) is 3. The van der Waals surface area contributed by atoms with Crippen molar-refractivity contribution in [3.63, 3.8) is 0 Å². The van der Waals surface area contributed by atoms with Crippen LogP contribution in [0.1, 0.15) is 82.3 Å². The van der Waals surface area contributed by atoms with Gasteiger partial charge in [-0.2, -0.15) is 0 Å². The molecule has 5 rings (SSSR count). The van der Waals surface area contributed by atoms with E-state index >= 15 is 0 Å². The Labute approximate surface area is 155 Å². The van der Waals surface area contributed by atoms with Gasteiger partial charge in [-0.05, 0) is 99.3 Å². The highest BCUT2D eigenvalue weighted by molar-refractivity contribution is 5.53. The molecule has 4 saturated carbocycles. The van der Waals surface area contributed by atoms with Crippen LogP contribution in [0.4, 0.5) is 5.69 Å². The van der Waals surface area contributed by atoms with Gasteiger partial charge >= 0.3 is 0 Å². The van der Waals surface area contributed by atoms with Crippen molar-refractivity contribution in [3.05, 3.63) is 29.3 Å². The fourth-order valence-corrected chi connectivity index (χ4v) is 6.68. The Balaban J connectivity index is 1.52. The fourth-order valence-electron chi connectivity index (χ4n) is 6.68. The molecule has 0 saturated heterocycles. The van der Waals surface area contributed by atoms with Crippen molar-refractivity contribution < 1.29 is 0 Å². The van der Waals surface area contributed by atoms with Gasteiger partial charge in [0.1, 0.15) is 0 Å². The van der Waals surface area contributed by atoms with Gasteiger partial charge in [-0.15, -0.1) is 0 Å². The third-order valence-corrected chi connectivity index (χ3v) is 7.55. The Morgan fingerprint density at radius 2 is 1.56 bits per heavy atom. The molecule has 0 N–H and O–H groups in total. The van der Waals surface area contributed by atoms with E-state index in [-0.39, 0.29) is 0 Å². The zero-order valence-corrected chi connectivity index (χ0v) is 16.7. The third kappa shape index (κ3) is 3.49. The maximum atomic E-state index is 2.72. The second-order valence-electron chi connectivity index (χ2n) is 9.69. The zero-order chi connectivity index (χ0) is 17.4. The minimum Gasteiger partial charge on any atom is -0.369 e. The Kier molecular flexibility index (Phi) is 4.86. The van der Waals surface area contributed by atoms with Crippen LogP contribution >= 0.6 is 0 Å². The third-order valence-electron chi connectivity index (χ3n) is 7.55. The van der Waals surface area contributed by atoms with Crippen LogP contribution in [-0.2, 0) is 6.42 Å². The van der Waals surface area contributed by atoms with Crippen LogP contribution in [0.3, 0.4) is 0 Å². The number of aryl methyl sites for hydroxylation is 2. The number of nitrogens with zero attached hydrogens (tertiary/aromatic N) is 1. The van der Waals surface area contributed by atoms with Crippen molar-refractivity contribution in [2.24, 2.45) is 17.8 Å². The van der Waals surface area contributed by atoms with Crippen LogP contribution in [0.25, 0.3) is 0 Å². The Morgan fingerprint density at radius 1 is 0.920 bits per heavy atom. The van der Waals surface area contributed by atoms with E-state index in [0.717, 1.165) is 17.8 Å². The van der Waals surface area contributed by atoms with Gasteiger partial charge < -0.3 is 4.90 Å². The van der Waals surface area contributed by atoms with E-state index in [9.17, 15) is 0 Å². The highest BCUT2D eigenvalue weighted by atomic mass is 15.2. The molecule has 0 unspecified atom stereocenters. The molecule has 0 heterocycles. The Hall–Kier alpha value is -0.980. The average molecular weight is 340 g/mol. The summed E-state index contributed by atoms with van der Waals surface area (Å²) in [4.78, 5) is 2.72.